The van der Waals surface area contributed by atoms with Crippen molar-refractivity contribution in [2.75, 3.05) is 0 Å². The van der Waals surface area contributed by atoms with E-state index < -0.39 is 0 Å². The maximum Gasteiger partial charge on any atom is 0.191 e. The lowest BCUT2D eigenvalue weighted by molar-refractivity contribution is 0.287. The van der Waals surface area contributed by atoms with Crippen molar-refractivity contribution < 1.29 is 4.74 Å². The summed E-state index contributed by atoms with van der Waals surface area (Å²) in [6.07, 6.45) is 1.84. The number of allylic oxidation sites excluding steroid dienone is 1. The molecular weight excluding hydrogens is 460 g/mol. The third kappa shape index (κ3) is 5.06. The van der Waals surface area contributed by atoms with Crippen LogP contribution in [0.3, 0.4) is 0 Å². The lowest BCUT2D eigenvalue weighted by Crippen LogP contribution is -2.08. The van der Waals surface area contributed by atoms with Crippen molar-refractivity contribution in [3.63, 3.8) is 0 Å². The van der Waals surface area contributed by atoms with Gasteiger partial charge in [0.2, 0.25) is 0 Å². The summed E-state index contributed by atoms with van der Waals surface area (Å²) >= 11 is 9.50. The maximum absolute atomic E-state index is 6.31. The van der Waals surface area contributed by atoms with Crippen LogP contribution in [-0.2, 0) is 18.9 Å². The summed E-state index contributed by atoms with van der Waals surface area (Å²) in [7, 11) is 0. The minimum atomic E-state index is 0.346. The summed E-state index contributed by atoms with van der Waals surface area (Å²) in [5, 5.41) is 13.2. The van der Waals surface area contributed by atoms with E-state index in [-0.39, 0.29) is 0 Å². The minimum absolute atomic E-state index is 0.346. The highest BCUT2D eigenvalue weighted by molar-refractivity contribution is 7.98. The summed E-state index contributed by atoms with van der Waals surface area (Å²) < 4.78 is 8.07. The molecule has 0 atom stereocenters. The fourth-order valence-electron chi connectivity index (χ4n) is 3.14. The van der Waals surface area contributed by atoms with E-state index >= 15 is 0 Å². The number of aromatic nitrogens is 4. The van der Waals surface area contributed by atoms with Crippen molar-refractivity contribution in [3.8, 4) is 16.3 Å². The van der Waals surface area contributed by atoms with Crippen molar-refractivity contribution in [3.05, 3.63) is 88.2 Å². The molecule has 0 saturated carbocycles. The van der Waals surface area contributed by atoms with E-state index in [1.807, 2.05) is 47.0 Å². The Hall–Kier alpha value is -2.61. The van der Waals surface area contributed by atoms with E-state index in [0.717, 1.165) is 38.6 Å². The van der Waals surface area contributed by atoms with Gasteiger partial charge in [-0.25, -0.2) is 4.98 Å². The molecule has 2 aromatic heterocycles. The van der Waals surface area contributed by atoms with Crippen LogP contribution in [-0.4, -0.2) is 19.7 Å². The topological polar surface area (TPSA) is 52.8 Å². The molecule has 5 nitrogen and oxygen atoms in total. The largest absolute Gasteiger partial charge is 0.485 e. The van der Waals surface area contributed by atoms with Crippen molar-refractivity contribution in [2.45, 2.75) is 37.9 Å². The van der Waals surface area contributed by atoms with E-state index in [9.17, 15) is 0 Å². The number of aryl methyl sites for hydroxylation is 1. The number of thioether (sulfide) groups is 1. The Morgan fingerprint density at radius 3 is 2.81 bits per heavy atom. The fourth-order valence-corrected chi connectivity index (χ4v) is 5.24. The van der Waals surface area contributed by atoms with Gasteiger partial charge >= 0.3 is 0 Å². The van der Waals surface area contributed by atoms with Crippen molar-refractivity contribution in [1.29, 1.82) is 0 Å². The number of thiazole rings is 1. The summed E-state index contributed by atoms with van der Waals surface area (Å²) in [5.74, 6) is 2.32. The molecule has 0 aliphatic rings. The van der Waals surface area contributed by atoms with Gasteiger partial charge in [-0.15, -0.1) is 28.1 Å². The average molecular weight is 483 g/mol. The summed E-state index contributed by atoms with van der Waals surface area (Å²) in [6, 6.07) is 13.8. The van der Waals surface area contributed by atoms with Gasteiger partial charge in [-0.3, -0.25) is 4.57 Å². The van der Waals surface area contributed by atoms with Gasteiger partial charge in [-0.1, -0.05) is 59.8 Å². The van der Waals surface area contributed by atoms with Gasteiger partial charge in [0, 0.05) is 23.2 Å². The van der Waals surface area contributed by atoms with Crippen LogP contribution in [0.15, 0.2) is 65.7 Å². The first-order chi connectivity index (χ1) is 15.6. The summed E-state index contributed by atoms with van der Waals surface area (Å²) in [5.41, 5.74) is 4.27. The second-order valence-electron chi connectivity index (χ2n) is 7.20. The Balaban J connectivity index is 1.45. The fraction of sp³-hybridized carbons (Fsp3) is 0.208. The number of rotatable bonds is 9. The van der Waals surface area contributed by atoms with E-state index in [1.165, 1.54) is 5.56 Å². The number of halogens is 1. The molecule has 4 rings (SSSR count). The van der Waals surface area contributed by atoms with Gasteiger partial charge in [-0.2, -0.15) is 0 Å². The highest BCUT2D eigenvalue weighted by atomic mass is 35.5. The molecule has 0 fully saturated rings. The lowest BCUT2D eigenvalue weighted by Gasteiger charge is -2.11. The first-order valence-electron chi connectivity index (χ1n) is 10.1. The molecule has 0 N–H and O–H groups in total. The number of hydrogen-bond donors (Lipinski definition) is 0. The number of hydrogen-bond acceptors (Lipinski definition) is 6. The monoisotopic (exact) mass is 482 g/mol. The molecular formula is C24H23ClN4OS2. The Labute approximate surface area is 201 Å². The van der Waals surface area contributed by atoms with Crippen molar-refractivity contribution in [1.82, 2.24) is 19.7 Å². The second kappa shape index (κ2) is 10.3. The molecule has 0 bridgehead atoms. The highest BCUT2D eigenvalue weighted by Gasteiger charge is 2.15. The van der Waals surface area contributed by atoms with Crippen LogP contribution in [0.1, 0.15) is 22.6 Å². The Bertz CT molecular complexity index is 1230. The standard InChI is InChI=1S/C24H23ClN4OS2/c1-4-12-29-22(13-30-21-11-7-8-16(2)17(21)3)27-28-24(29)32-15-18-14-31-23(26-18)19-9-5-6-10-20(19)25/h4-11,14H,1,12-13,15H2,2-3H3. The van der Waals surface area contributed by atoms with Gasteiger partial charge in [0.05, 0.1) is 10.7 Å². The molecule has 8 heteroatoms. The molecule has 2 aromatic carbocycles. The molecule has 0 radical (unpaired) electrons. The Morgan fingerprint density at radius 1 is 1.16 bits per heavy atom. The van der Waals surface area contributed by atoms with Gasteiger partial charge < -0.3 is 4.74 Å². The lowest BCUT2D eigenvalue weighted by atomic mass is 10.1. The summed E-state index contributed by atoms with van der Waals surface area (Å²) in [4.78, 5) is 4.74. The molecule has 0 amide bonds. The zero-order valence-corrected chi connectivity index (χ0v) is 20.3. The molecule has 164 valence electrons. The van der Waals surface area contributed by atoms with Crippen LogP contribution in [0.5, 0.6) is 5.75 Å². The normalized spacial score (nSPS) is 11.0. The Morgan fingerprint density at radius 2 is 2.00 bits per heavy atom. The molecule has 0 aliphatic carbocycles. The van der Waals surface area contributed by atoms with Crippen LogP contribution in [0.2, 0.25) is 5.02 Å². The SMILES string of the molecule is C=CCn1c(COc2cccc(C)c2C)nnc1SCc1csc(-c2ccccc2Cl)n1. The number of benzene rings is 2. The first-order valence-corrected chi connectivity index (χ1v) is 12.3. The molecule has 0 saturated heterocycles. The third-order valence-corrected chi connectivity index (χ3v) is 7.28. The third-order valence-electron chi connectivity index (χ3n) is 5.02. The van der Waals surface area contributed by atoms with Crippen molar-refractivity contribution >= 4 is 34.7 Å². The van der Waals surface area contributed by atoms with E-state index in [4.69, 9.17) is 21.3 Å². The quantitative estimate of drug-likeness (QED) is 0.195. The van der Waals surface area contributed by atoms with Gasteiger partial charge in [0.25, 0.3) is 0 Å². The van der Waals surface area contributed by atoms with Crippen LogP contribution in [0.25, 0.3) is 10.6 Å². The van der Waals surface area contributed by atoms with Crippen molar-refractivity contribution in [2.24, 2.45) is 0 Å². The van der Waals surface area contributed by atoms with Gasteiger partial charge in [0.15, 0.2) is 11.0 Å². The van der Waals surface area contributed by atoms with Gasteiger partial charge in [-0.05, 0) is 37.1 Å². The summed E-state index contributed by atoms with van der Waals surface area (Å²) in [6.45, 7) is 8.97. The molecule has 0 aliphatic heterocycles. The Kier molecular flexibility index (Phi) is 7.29. The minimum Gasteiger partial charge on any atom is -0.485 e. The predicted molar refractivity (Wildman–Crippen MR) is 133 cm³/mol. The maximum atomic E-state index is 6.31. The van der Waals surface area contributed by atoms with Crippen LogP contribution < -0.4 is 4.74 Å². The molecule has 0 unspecified atom stereocenters. The highest BCUT2D eigenvalue weighted by Crippen LogP contribution is 2.32. The zero-order valence-electron chi connectivity index (χ0n) is 17.9. The molecule has 0 spiro atoms. The zero-order chi connectivity index (χ0) is 22.5. The number of nitrogens with zero attached hydrogens (tertiary/aromatic N) is 4. The first kappa shape index (κ1) is 22.6. The molecule has 32 heavy (non-hydrogen) atoms. The van der Waals surface area contributed by atoms with Gasteiger partial charge in [0.1, 0.15) is 17.4 Å². The van der Waals surface area contributed by atoms with E-state index in [1.54, 1.807) is 23.1 Å². The van der Waals surface area contributed by atoms with Crippen LogP contribution in [0.4, 0.5) is 0 Å². The van der Waals surface area contributed by atoms with Crippen LogP contribution >= 0.6 is 34.7 Å². The van der Waals surface area contributed by atoms with Crippen LogP contribution in [0, 0.1) is 13.8 Å². The van der Waals surface area contributed by atoms with E-state index in [0.29, 0.717) is 23.9 Å². The molecule has 2 heterocycles. The molecule has 4 aromatic rings. The predicted octanol–water partition coefficient (Wildman–Crippen LogP) is 6.73. The average Bonchev–Trinajstić information content (AvgIpc) is 3.41. The second-order valence-corrected chi connectivity index (χ2v) is 9.41. The smallest absolute Gasteiger partial charge is 0.191 e. The number of ether oxygens (including phenoxy) is 1. The van der Waals surface area contributed by atoms with E-state index in [2.05, 4.69) is 42.1 Å².